The second-order valence-corrected chi connectivity index (χ2v) is 5.79. The fraction of sp³-hybridized carbons (Fsp3) is 0.500. The highest BCUT2D eigenvalue weighted by molar-refractivity contribution is 6.35. The zero-order valence-corrected chi connectivity index (χ0v) is 12.6. The maximum absolute atomic E-state index is 6.31. The monoisotopic (exact) mass is 299 g/mol. The summed E-state index contributed by atoms with van der Waals surface area (Å²) in [6.45, 7) is 10.0. The van der Waals surface area contributed by atoms with Gasteiger partial charge >= 0.3 is 0 Å². The van der Waals surface area contributed by atoms with Gasteiger partial charge < -0.3 is 5.32 Å². The SMILES string of the molecule is C=C(C)C[C@@H](c1c(Cl)cncc1Cl)N1CCNCC1. The van der Waals surface area contributed by atoms with Crippen molar-refractivity contribution in [2.45, 2.75) is 19.4 Å². The van der Waals surface area contributed by atoms with Crippen LogP contribution in [0.5, 0.6) is 0 Å². The van der Waals surface area contributed by atoms with Gasteiger partial charge in [0.05, 0.1) is 10.0 Å². The number of hydrogen-bond acceptors (Lipinski definition) is 3. The number of nitrogens with one attached hydrogen (secondary N) is 1. The fourth-order valence-electron chi connectivity index (χ4n) is 2.48. The minimum Gasteiger partial charge on any atom is -0.314 e. The van der Waals surface area contributed by atoms with Gasteiger partial charge in [0.15, 0.2) is 0 Å². The maximum Gasteiger partial charge on any atom is 0.0652 e. The third-order valence-corrected chi connectivity index (χ3v) is 3.96. The van der Waals surface area contributed by atoms with Gasteiger partial charge in [-0.1, -0.05) is 28.8 Å². The molecule has 0 radical (unpaired) electrons. The Morgan fingerprint density at radius 1 is 1.37 bits per heavy atom. The molecule has 1 aliphatic heterocycles. The first-order chi connectivity index (χ1) is 9.09. The lowest BCUT2D eigenvalue weighted by molar-refractivity contribution is 0.172. The molecule has 1 fully saturated rings. The molecule has 0 amide bonds. The molecular formula is C14H19Cl2N3. The number of piperazine rings is 1. The molecule has 1 atom stereocenters. The van der Waals surface area contributed by atoms with E-state index in [1.54, 1.807) is 12.4 Å². The van der Waals surface area contributed by atoms with Crippen LogP contribution in [0.2, 0.25) is 10.0 Å². The van der Waals surface area contributed by atoms with Crippen molar-refractivity contribution >= 4 is 23.2 Å². The highest BCUT2D eigenvalue weighted by Crippen LogP contribution is 2.36. The summed E-state index contributed by atoms with van der Waals surface area (Å²) in [5.41, 5.74) is 2.11. The van der Waals surface area contributed by atoms with Crippen molar-refractivity contribution in [2.75, 3.05) is 26.2 Å². The molecule has 1 aromatic heterocycles. The first kappa shape index (κ1) is 14.8. The van der Waals surface area contributed by atoms with Crippen LogP contribution in [-0.2, 0) is 0 Å². The van der Waals surface area contributed by atoms with Crippen molar-refractivity contribution in [1.82, 2.24) is 15.2 Å². The number of rotatable bonds is 4. The quantitative estimate of drug-likeness (QED) is 0.865. The summed E-state index contributed by atoms with van der Waals surface area (Å²) in [6, 6.07) is 0.183. The Bertz CT molecular complexity index is 436. The van der Waals surface area contributed by atoms with E-state index in [-0.39, 0.29) is 6.04 Å². The average Bonchev–Trinajstić information content (AvgIpc) is 2.38. The van der Waals surface area contributed by atoms with Crippen LogP contribution >= 0.6 is 23.2 Å². The van der Waals surface area contributed by atoms with E-state index in [1.807, 2.05) is 6.92 Å². The molecule has 2 rings (SSSR count). The van der Waals surface area contributed by atoms with Gasteiger partial charge in [-0.25, -0.2) is 0 Å². The number of nitrogens with zero attached hydrogens (tertiary/aromatic N) is 2. The minimum atomic E-state index is 0.183. The Hall–Kier alpha value is -0.610. The Labute approximate surface area is 124 Å². The molecule has 0 saturated carbocycles. The van der Waals surface area contributed by atoms with Crippen molar-refractivity contribution in [2.24, 2.45) is 0 Å². The molecule has 3 nitrogen and oxygen atoms in total. The Kier molecular flexibility index (Phi) is 5.22. The van der Waals surface area contributed by atoms with Crippen LogP contribution in [0.4, 0.5) is 0 Å². The van der Waals surface area contributed by atoms with Crippen LogP contribution in [-0.4, -0.2) is 36.1 Å². The van der Waals surface area contributed by atoms with E-state index in [1.165, 1.54) is 0 Å². The van der Waals surface area contributed by atoms with Gasteiger partial charge in [-0.2, -0.15) is 0 Å². The van der Waals surface area contributed by atoms with E-state index in [2.05, 4.69) is 21.8 Å². The van der Waals surface area contributed by atoms with E-state index in [0.29, 0.717) is 10.0 Å². The fourth-order valence-corrected chi connectivity index (χ4v) is 3.09. The number of aromatic nitrogens is 1. The molecule has 1 saturated heterocycles. The highest BCUT2D eigenvalue weighted by atomic mass is 35.5. The predicted molar refractivity (Wildman–Crippen MR) is 80.9 cm³/mol. The summed E-state index contributed by atoms with van der Waals surface area (Å²) >= 11 is 12.6. The molecule has 1 aromatic rings. The average molecular weight is 300 g/mol. The van der Waals surface area contributed by atoms with Gasteiger partial charge in [-0.15, -0.1) is 6.58 Å². The van der Waals surface area contributed by atoms with Crippen molar-refractivity contribution in [1.29, 1.82) is 0 Å². The Morgan fingerprint density at radius 2 is 1.95 bits per heavy atom. The molecule has 0 unspecified atom stereocenters. The second-order valence-electron chi connectivity index (χ2n) is 4.98. The van der Waals surface area contributed by atoms with Gasteiger partial charge in [-0.3, -0.25) is 9.88 Å². The molecule has 1 aliphatic rings. The van der Waals surface area contributed by atoms with Gasteiger partial charge in [0.25, 0.3) is 0 Å². The van der Waals surface area contributed by atoms with Crippen LogP contribution < -0.4 is 5.32 Å². The zero-order valence-electron chi connectivity index (χ0n) is 11.1. The molecular weight excluding hydrogens is 281 g/mol. The number of hydrogen-bond donors (Lipinski definition) is 1. The summed E-state index contributed by atoms with van der Waals surface area (Å²) < 4.78 is 0. The van der Waals surface area contributed by atoms with Gasteiger partial charge in [0, 0.05) is 50.2 Å². The van der Waals surface area contributed by atoms with Gasteiger partial charge in [0.2, 0.25) is 0 Å². The predicted octanol–water partition coefficient (Wildman–Crippen LogP) is 3.30. The van der Waals surface area contributed by atoms with Crippen molar-refractivity contribution in [3.8, 4) is 0 Å². The molecule has 0 aromatic carbocycles. The number of halogens is 2. The zero-order chi connectivity index (χ0) is 13.8. The van der Waals surface area contributed by atoms with E-state index < -0.39 is 0 Å². The highest BCUT2D eigenvalue weighted by Gasteiger charge is 2.26. The minimum absolute atomic E-state index is 0.183. The van der Waals surface area contributed by atoms with E-state index >= 15 is 0 Å². The third-order valence-electron chi connectivity index (χ3n) is 3.36. The lowest BCUT2D eigenvalue weighted by Gasteiger charge is -2.36. The van der Waals surface area contributed by atoms with Gasteiger partial charge in [-0.05, 0) is 13.3 Å². The molecule has 19 heavy (non-hydrogen) atoms. The van der Waals surface area contributed by atoms with Gasteiger partial charge in [0.1, 0.15) is 0 Å². The summed E-state index contributed by atoms with van der Waals surface area (Å²) in [4.78, 5) is 6.45. The second kappa shape index (κ2) is 6.71. The standard InChI is InChI=1S/C14H19Cl2N3/c1-10(2)7-13(19-5-3-17-4-6-19)14-11(15)8-18-9-12(14)16/h8-9,13,17H,1,3-7H2,2H3/t13-/m0/s1. The molecule has 104 valence electrons. The maximum atomic E-state index is 6.31. The van der Waals surface area contributed by atoms with E-state index in [0.717, 1.165) is 43.7 Å². The van der Waals surface area contributed by atoms with E-state index in [9.17, 15) is 0 Å². The first-order valence-corrected chi connectivity index (χ1v) is 7.23. The first-order valence-electron chi connectivity index (χ1n) is 6.47. The Morgan fingerprint density at radius 3 is 2.47 bits per heavy atom. The molecule has 0 spiro atoms. The van der Waals surface area contributed by atoms with Crippen molar-refractivity contribution in [3.63, 3.8) is 0 Å². The Balaban J connectivity index is 2.33. The molecule has 5 heteroatoms. The smallest absolute Gasteiger partial charge is 0.0652 e. The van der Waals surface area contributed by atoms with Crippen LogP contribution in [0.15, 0.2) is 24.5 Å². The summed E-state index contributed by atoms with van der Waals surface area (Å²) in [5.74, 6) is 0. The van der Waals surface area contributed by atoms with Crippen molar-refractivity contribution < 1.29 is 0 Å². The lowest BCUT2D eigenvalue weighted by Crippen LogP contribution is -2.45. The molecule has 0 aliphatic carbocycles. The van der Waals surface area contributed by atoms with Crippen LogP contribution in [0.1, 0.15) is 24.9 Å². The molecule has 1 N–H and O–H groups in total. The molecule has 0 bridgehead atoms. The van der Waals surface area contributed by atoms with Crippen molar-refractivity contribution in [3.05, 3.63) is 40.2 Å². The number of pyridine rings is 1. The topological polar surface area (TPSA) is 28.2 Å². The third kappa shape index (κ3) is 3.69. The largest absolute Gasteiger partial charge is 0.314 e. The van der Waals surface area contributed by atoms with Crippen LogP contribution in [0, 0.1) is 0 Å². The normalized spacial score (nSPS) is 18.3. The van der Waals surface area contributed by atoms with Crippen LogP contribution in [0.3, 0.4) is 0 Å². The van der Waals surface area contributed by atoms with Crippen LogP contribution in [0.25, 0.3) is 0 Å². The summed E-state index contributed by atoms with van der Waals surface area (Å²) in [6.07, 6.45) is 4.19. The summed E-state index contributed by atoms with van der Waals surface area (Å²) in [5, 5.41) is 4.63. The summed E-state index contributed by atoms with van der Waals surface area (Å²) in [7, 11) is 0. The lowest BCUT2D eigenvalue weighted by atomic mass is 9.98. The molecule has 2 heterocycles. The van der Waals surface area contributed by atoms with E-state index in [4.69, 9.17) is 23.2 Å².